The third-order valence-corrected chi connectivity index (χ3v) is 6.15. The predicted molar refractivity (Wildman–Crippen MR) is 107 cm³/mol. The van der Waals surface area contributed by atoms with Crippen molar-refractivity contribution < 1.29 is 17.4 Å². The highest BCUT2D eigenvalue weighted by Crippen LogP contribution is 2.35. The van der Waals surface area contributed by atoms with Crippen LogP contribution < -0.4 is 9.08 Å². The first-order valence-corrected chi connectivity index (χ1v) is 10.4. The zero-order chi connectivity index (χ0) is 20.1. The normalized spacial score (nSPS) is 16.2. The molecule has 1 atom stereocenters. The number of carbonyl (C=O) groups is 1. The molecule has 1 amide bonds. The molecule has 2 heterocycles. The average molecular weight is 396 g/mol. The van der Waals surface area contributed by atoms with Crippen LogP contribution in [-0.4, -0.2) is 25.4 Å². The third kappa shape index (κ3) is 3.11. The molecule has 28 heavy (non-hydrogen) atoms. The van der Waals surface area contributed by atoms with E-state index in [9.17, 15) is 13.2 Å². The van der Waals surface area contributed by atoms with Gasteiger partial charge in [0.05, 0.1) is 0 Å². The molecule has 144 valence electrons. The number of carbonyl (C=O) groups excluding carboxylic acids is 1. The molecule has 6 nitrogen and oxygen atoms in total. The SMILES string of the molecule is CC(=O)N1c2ccc(S(=O)(=O)Oc3cccc4ccc(C)nc34)cc2CC1C. The van der Waals surface area contributed by atoms with Gasteiger partial charge < -0.3 is 9.08 Å². The maximum Gasteiger partial charge on any atom is 0.339 e. The van der Waals surface area contributed by atoms with Gasteiger partial charge in [0.1, 0.15) is 10.4 Å². The zero-order valence-electron chi connectivity index (χ0n) is 15.8. The first-order chi connectivity index (χ1) is 13.3. The smallest absolute Gasteiger partial charge is 0.339 e. The summed E-state index contributed by atoms with van der Waals surface area (Å²) in [6, 6.07) is 13.7. The Morgan fingerprint density at radius 1 is 1.18 bits per heavy atom. The monoisotopic (exact) mass is 396 g/mol. The van der Waals surface area contributed by atoms with Crippen LogP contribution in [0.15, 0.2) is 53.4 Å². The van der Waals surface area contributed by atoms with E-state index < -0.39 is 10.1 Å². The van der Waals surface area contributed by atoms with Gasteiger partial charge in [-0.05, 0) is 56.2 Å². The topological polar surface area (TPSA) is 76.6 Å². The fourth-order valence-electron chi connectivity index (χ4n) is 3.69. The number of amides is 1. The molecule has 2 aromatic carbocycles. The summed E-state index contributed by atoms with van der Waals surface area (Å²) in [5.74, 6) is 0.135. The second kappa shape index (κ2) is 6.60. The quantitative estimate of drug-likeness (QED) is 0.632. The summed E-state index contributed by atoms with van der Waals surface area (Å²) in [4.78, 5) is 18.0. The number of pyridine rings is 1. The van der Waals surface area contributed by atoms with E-state index in [2.05, 4.69) is 4.98 Å². The number of aromatic nitrogens is 1. The largest absolute Gasteiger partial charge is 0.377 e. The van der Waals surface area contributed by atoms with Crippen molar-refractivity contribution in [2.45, 2.75) is 38.1 Å². The lowest BCUT2D eigenvalue weighted by atomic mass is 10.1. The molecule has 1 aromatic heterocycles. The fraction of sp³-hybridized carbons (Fsp3) is 0.238. The van der Waals surface area contributed by atoms with Crippen molar-refractivity contribution in [3.8, 4) is 5.75 Å². The molecule has 0 saturated carbocycles. The lowest BCUT2D eigenvalue weighted by Crippen LogP contribution is -2.33. The summed E-state index contributed by atoms with van der Waals surface area (Å²) in [6.45, 7) is 5.29. The molecule has 0 aliphatic carbocycles. The lowest BCUT2D eigenvalue weighted by Gasteiger charge is -2.20. The molecule has 3 aromatic rings. The van der Waals surface area contributed by atoms with Gasteiger partial charge in [-0.1, -0.05) is 18.2 Å². The third-order valence-electron chi connectivity index (χ3n) is 4.92. The zero-order valence-corrected chi connectivity index (χ0v) is 16.7. The Hall–Kier alpha value is -2.93. The van der Waals surface area contributed by atoms with E-state index in [0.29, 0.717) is 11.9 Å². The maximum atomic E-state index is 12.9. The Morgan fingerprint density at radius 2 is 1.96 bits per heavy atom. The molecule has 1 aliphatic heterocycles. The van der Waals surface area contributed by atoms with Gasteiger partial charge in [-0.25, -0.2) is 4.98 Å². The number of nitrogens with zero attached hydrogens (tertiary/aromatic N) is 2. The van der Waals surface area contributed by atoms with Crippen LogP contribution in [0.2, 0.25) is 0 Å². The minimum atomic E-state index is -4.04. The molecule has 1 aliphatic rings. The molecule has 0 bridgehead atoms. The summed E-state index contributed by atoms with van der Waals surface area (Å²) >= 11 is 0. The van der Waals surface area contributed by atoms with Crippen LogP contribution >= 0.6 is 0 Å². The fourth-order valence-corrected chi connectivity index (χ4v) is 4.68. The highest BCUT2D eigenvalue weighted by molar-refractivity contribution is 7.87. The molecule has 0 N–H and O–H groups in total. The Labute approximate surface area is 163 Å². The Kier molecular flexibility index (Phi) is 4.34. The predicted octanol–water partition coefficient (Wildman–Crippen LogP) is 3.61. The van der Waals surface area contributed by atoms with Crippen molar-refractivity contribution in [2.24, 2.45) is 0 Å². The van der Waals surface area contributed by atoms with Gasteiger partial charge in [-0.3, -0.25) is 4.79 Å². The van der Waals surface area contributed by atoms with Crippen LogP contribution in [-0.2, 0) is 21.3 Å². The molecule has 7 heteroatoms. The summed E-state index contributed by atoms with van der Waals surface area (Å²) in [5, 5.41) is 0.804. The second-order valence-corrected chi connectivity index (χ2v) is 8.60. The van der Waals surface area contributed by atoms with E-state index in [-0.39, 0.29) is 22.6 Å². The minimum absolute atomic E-state index is 0.00313. The van der Waals surface area contributed by atoms with Crippen LogP contribution in [0.4, 0.5) is 5.69 Å². The van der Waals surface area contributed by atoms with Crippen LogP contribution in [0.1, 0.15) is 25.1 Å². The second-order valence-electron chi connectivity index (χ2n) is 7.05. The van der Waals surface area contributed by atoms with E-state index >= 15 is 0 Å². The first kappa shape index (κ1) is 18.4. The number of anilines is 1. The summed E-state index contributed by atoms with van der Waals surface area (Å²) in [6.07, 6.45) is 0.604. The van der Waals surface area contributed by atoms with E-state index in [4.69, 9.17) is 4.18 Å². The van der Waals surface area contributed by atoms with E-state index in [0.717, 1.165) is 22.3 Å². The number of hydrogen-bond donors (Lipinski definition) is 0. The minimum Gasteiger partial charge on any atom is -0.377 e. The van der Waals surface area contributed by atoms with Gasteiger partial charge in [0.15, 0.2) is 5.75 Å². The van der Waals surface area contributed by atoms with Gasteiger partial charge in [0.25, 0.3) is 0 Å². The molecule has 0 fully saturated rings. The maximum absolute atomic E-state index is 12.9. The van der Waals surface area contributed by atoms with Crippen LogP contribution in [0.3, 0.4) is 0 Å². The highest BCUT2D eigenvalue weighted by Gasteiger charge is 2.30. The molecule has 1 unspecified atom stereocenters. The number of hydrogen-bond acceptors (Lipinski definition) is 5. The summed E-state index contributed by atoms with van der Waals surface area (Å²) in [5.41, 5.74) is 2.85. The van der Waals surface area contributed by atoms with Crippen molar-refractivity contribution in [1.29, 1.82) is 0 Å². The molecule has 0 saturated heterocycles. The van der Waals surface area contributed by atoms with E-state index in [1.807, 2.05) is 32.0 Å². The standard InChI is InChI=1S/C21H20N2O4S/c1-13-7-8-16-5-4-6-20(21(16)22-13)27-28(25,26)18-9-10-19-17(12-18)11-14(2)23(19)15(3)24/h4-10,12,14H,11H2,1-3H3. The Morgan fingerprint density at radius 3 is 2.71 bits per heavy atom. The van der Waals surface area contributed by atoms with Gasteiger partial charge in [-0.15, -0.1) is 0 Å². The van der Waals surface area contributed by atoms with Crippen molar-refractivity contribution in [3.63, 3.8) is 0 Å². The highest BCUT2D eigenvalue weighted by atomic mass is 32.2. The van der Waals surface area contributed by atoms with Crippen LogP contribution in [0.5, 0.6) is 5.75 Å². The van der Waals surface area contributed by atoms with Gasteiger partial charge >= 0.3 is 10.1 Å². The molecular weight excluding hydrogens is 376 g/mol. The van der Waals surface area contributed by atoms with E-state index in [1.165, 1.54) is 13.0 Å². The van der Waals surface area contributed by atoms with E-state index in [1.54, 1.807) is 29.2 Å². The molecule has 0 spiro atoms. The van der Waals surface area contributed by atoms with Crippen LogP contribution in [0, 0.1) is 6.92 Å². The summed E-state index contributed by atoms with van der Waals surface area (Å²) < 4.78 is 31.2. The Bertz CT molecular complexity index is 1200. The number of aryl methyl sites for hydroxylation is 1. The number of benzene rings is 2. The average Bonchev–Trinajstić information content (AvgIpc) is 2.97. The van der Waals surface area contributed by atoms with Crippen molar-refractivity contribution in [3.05, 3.63) is 59.8 Å². The Balaban J connectivity index is 1.72. The van der Waals surface area contributed by atoms with Crippen molar-refractivity contribution in [1.82, 2.24) is 4.98 Å². The number of fused-ring (bicyclic) bond motifs is 2. The number of rotatable bonds is 3. The molecule has 0 radical (unpaired) electrons. The molecule has 4 rings (SSSR count). The van der Waals surface area contributed by atoms with Gasteiger partial charge in [0, 0.05) is 29.7 Å². The van der Waals surface area contributed by atoms with Crippen molar-refractivity contribution in [2.75, 3.05) is 4.90 Å². The van der Waals surface area contributed by atoms with Gasteiger partial charge in [0.2, 0.25) is 5.91 Å². The molecular formula is C21H20N2O4S. The number of para-hydroxylation sites is 1. The van der Waals surface area contributed by atoms with Crippen LogP contribution in [0.25, 0.3) is 10.9 Å². The van der Waals surface area contributed by atoms with Crippen molar-refractivity contribution >= 4 is 32.6 Å². The lowest BCUT2D eigenvalue weighted by molar-refractivity contribution is -0.116. The summed E-state index contributed by atoms with van der Waals surface area (Å²) in [7, 11) is -4.04. The van der Waals surface area contributed by atoms with Gasteiger partial charge in [-0.2, -0.15) is 8.42 Å². The first-order valence-electron chi connectivity index (χ1n) is 9.00.